The van der Waals surface area contributed by atoms with Crippen LogP contribution in [0.4, 0.5) is 0 Å². The molecule has 0 saturated heterocycles. The van der Waals surface area contributed by atoms with Gasteiger partial charge in [0.15, 0.2) is 0 Å². The number of aromatic nitrogens is 2. The van der Waals surface area contributed by atoms with Crippen LogP contribution in [0.2, 0.25) is 0 Å². The molecule has 1 aromatic heterocycles. The first-order chi connectivity index (χ1) is 13.2. The van der Waals surface area contributed by atoms with Gasteiger partial charge in [0.25, 0.3) is 0 Å². The van der Waals surface area contributed by atoms with Crippen molar-refractivity contribution in [3.05, 3.63) is 83.9 Å². The third-order valence-electron chi connectivity index (χ3n) is 4.49. The summed E-state index contributed by atoms with van der Waals surface area (Å²) in [5, 5.41) is 0. The maximum Gasteiger partial charge on any atom is 0.338 e. The van der Waals surface area contributed by atoms with Gasteiger partial charge in [-0.3, -0.25) is 4.57 Å². The van der Waals surface area contributed by atoms with Crippen molar-refractivity contribution in [2.75, 3.05) is 6.61 Å². The highest BCUT2D eigenvalue weighted by atomic mass is 16.5. The lowest BCUT2D eigenvalue weighted by molar-refractivity contribution is 0.0526. The van der Waals surface area contributed by atoms with E-state index < -0.39 is 0 Å². The third kappa shape index (κ3) is 3.22. The quantitative estimate of drug-likeness (QED) is 0.473. The lowest BCUT2D eigenvalue weighted by atomic mass is 10.1. The van der Waals surface area contributed by atoms with E-state index in [-0.39, 0.29) is 5.97 Å². The van der Waals surface area contributed by atoms with Gasteiger partial charge in [0.2, 0.25) is 0 Å². The fourth-order valence-corrected chi connectivity index (χ4v) is 3.16. The zero-order chi connectivity index (χ0) is 18.8. The highest BCUT2D eigenvalue weighted by Gasteiger charge is 2.16. The van der Waals surface area contributed by atoms with Gasteiger partial charge < -0.3 is 4.74 Å². The molecule has 4 rings (SSSR count). The standard InChI is InChI=1S/C23H20N2O2/c1-3-27-23(26)18-13-14-21-20(15-18)24-22(17-11-9-16(2)10-12-17)25(21)19-7-5-4-6-8-19/h4-15H,3H2,1-2H3. The molecule has 0 radical (unpaired) electrons. The number of esters is 1. The van der Waals surface area contributed by atoms with Crippen molar-refractivity contribution in [1.82, 2.24) is 9.55 Å². The third-order valence-corrected chi connectivity index (χ3v) is 4.49. The van der Waals surface area contributed by atoms with E-state index in [2.05, 4.69) is 47.9 Å². The second kappa shape index (κ2) is 7.08. The molecule has 0 unspecified atom stereocenters. The number of rotatable bonds is 4. The summed E-state index contributed by atoms with van der Waals surface area (Å²) < 4.78 is 7.24. The predicted molar refractivity (Wildman–Crippen MR) is 107 cm³/mol. The van der Waals surface area contributed by atoms with Crippen molar-refractivity contribution in [3.8, 4) is 17.1 Å². The summed E-state index contributed by atoms with van der Waals surface area (Å²) in [6.07, 6.45) is 0. The van der Waals surface area contributed by atoms with Crippen LogP contribution in [0.3, 0.4) is 0 Å². The van der Waals surface area contributed by atoms with Crippen LogP contribution in [0.25, 0.3) is 28.1 Å². The second-order valence-electron chi connectivity index (χ2n) is 6.40. The first-order valence-electron chi connectivity index (χ1n) is 8.99. The summed E-state index contributed by atoms with van der Waals surface area (Å²) >= 11 is 0. The fraction of sp³-hybridized carbons (Fsp3) is 0.130. The van der Waals surface area contributed by atoms with E-state index in [1.807, 2.05) is 24.3 Å². The Kier molecular flexibility index (Phi) is 4.47. The maximum absolute atomic E-state index is 12.1. The van der Waals surface area contributed by atoms with Crippen molar-refractivity contribution < 1.29 is 9.53 Å². The van der Waals surface area contributed by atoms with Gasteiger partial charge in [0.05, 0.1) is 23.2 Å². The van der Waals surface area contributed by atoms with Crippen LogP contribution in [-0.2, 0) is 4.74 Å². The summed E-state index contributed by atoms with van der Waals surface area (Å²) in [4.78, 5) is 16.9. The number of hydrogen-bond acceptors (Lipinski definition) is 3. The number of aryl methyl sites for hydroxylation is 1. The van der Waals surface area contributed by atoms with Gasteiger partial charge in [0, 0.05) is 11.3 Å². The molecular formula is C23H20N2O2. The average Bonchev–Trinajstić information content (AvgIpc) is 3.08. The van der Waals surface area contributed by atoms with E-state index >= 15 is 0 Å². The van der Waals surface area contributed by atoms with Gasteiger partial charge in [0.1, 0.15) is 5.82 Å². The summed E-state index contributed by atoms with van der Waals surface area (Å²) in [5.74, 6) is 0.516. The SMILES string of the molecule is CCOC(=O)c1ccc2c(c1)nc(-c1ccc(C)cc1)n2-c1ccccc1. The molecule has 0 aliphatic carbocycles. The van der Waals surface area contributed by atoms with Gasteiger partial charge in [-0.25, -0.2) is 9.78 Å². The van der Waals surface area contributed by atoms with Crippen LogP contribution in [-0.4, -0.2) is 22.1 Å². The highest BCUT2D eigenvalue weighted by molar-refractivity contribution is 5.95. The lowest BCUT2D eigenvalue weighted by Gasteiger charge is -2.10. The summed E-state index contributed by atoms with van der Waals surface area (Å²) in [7, 11) is 0. The molecule has 0 atom stereocenters. The number of hydrogen-bond donors (Lipinski definition) is 0. The Balaban J connectivity index is 1.94. The summed E-state index contributed by atoms with van der Waals surface area (Å²) in [5.41, 5.74) is 5.48. The first-order valence-corrected chi connectivity index (χ1v) is 8.99. The van der Waals surface area contributed by atoms with E-state index in [0.717, 1.165) is 28.1 Å². The maximum atomic E-state index is 12.1. The van der Waals surface area contributed by atoms with Gasteiger partial charge in [-0.15, -0.1) is 0 Å². The Morgan fingerprint density at radius 2 is 1.74 bits per heavy atom. The second-order valence-corrected chi connectivity index (χ2v) is 6.40. The molecule has 0 saturated carbocycles. The molecular weight excluding hydrogens is 336 g/mol. The van der Waals surface area contributed by atoms with Crippen molar-refractivity contribution in [1.29, 1.82) is 0 Å². The summed E-state index contributed by atoms with van der Waals surface area (Å²) in [6, 6.07) is 23.9. The molecule has 0 bridgehead atoms. The van der Waals surface area contributed by atoms with E-state index in [4.69, 9.17) is 9.72 Å². The Morgan fingerprint density at radius 3 is 2.44 bits per heavy atom. The molecule has 27 heavy (non-hydrogen) atoms. The highest BCUT2D eigenvalue weighted by Crippen LogP contribution is 2.29. The number of nitrogens with zero attached hydrogens (tertiary/aromatic N) is 2. The minimum absolute atomic E-state index is 0.328. The Bertz CT molecular complexity index is 1100. The van der Waals surface area contributed by atoms with Crippen molar-refractivity contribution in [2.24, 2.45) is 0 Å². The fourth-order valence-electron chi connectivity index (χ4n) is 3.16. The molecule has 134 valence electrons. The van der Waals surface area contributed by atoms with Crippen LogP contribution < -0.4 is 0 Å². The van der Waals surface area contributed by atoms with Crippen molar-refractivity contribution in [2.45, 2.75) is 13.8 Å². The number of benzene rings is 3. The normalized spacial score (nSPS) is 10.9. The molecule has 4 nitrogen and oxygen atoms in total. The first kappa shape index (κ1) is 17.0. The van der Waals surface area contributed by atoms with Crippen LogP contribution in [0.1, 0.15) is 22.8 Å². The van der Waals surface area contributed by atoms with E-state index in [1.54, 1.807) is 19.1 Å². The number of carbonyl (C=O) groups is 1. The number of carbonyl (C=O) groups excluding carboxylic acids is 1. The zero-order valence-corrected chi connectivity index (χ0v) is 15.3. The van der Waals surface area contributed by atoms with E-state index in [1.165, 1.54) is 5.56 Å². The molecule has 0 amide bonds. The molecule has 1 heterocycles. The van der Waals surface area contributed by atoms with Gasteiger partial charge >= 0.3 is 5.97 Å². The largest absolute Gasteiger partial charge is 0.462 e. The Labute approximate surface area is 158 Å². The molecule has 0 aliphatic rings. The molecule has 0 aliphatic heterocycles. The average molecular weight is 356 g/mol. The van der Waals surface area contributed by atoms with Gasteiger partial charge in [-0.05, 0) is 44.2 Å². The smallest absolute Gasteiger partial charge is 0.338 e. The van der Waals surface area contributed by atoms with Crippen LogP contribution in [0, 0.1) is 6.92 Å². The minimum atomic E-state index is -0.328. The monoisotopic (exact) mass is 356 g/mol. The van der Waals surface area contributed by atoms with Gasteiger partial charge in [-0.1, -0.05) is 48.0 Å². The molecule has 0 fully saturated rings. The van der Waals surface area contributed by atoms with Crippen molar-refractivity contribution >= 4 is 17.0 Å². The predicted octanol–water partition coefficient (Wildman–Crippen LogP) is 5.18. The topological polar surface area (TPSA) is 44.1 Å². The number of fused-ring (bicyclic) bond motifs is 1. The molecule has 3 aromatic carbocycles. The molecule has 4 aromatic rings. The van der Waals surface area contributed by atoms with E-state index in [0.29, 0.717) is 12.2 Å². The van der Waals surface area contributed by atoms with E-state index in [9.17, 15) is 4.79 Å². The van der Waals surface area contributed by atoms with Gasteiger partial charge in [-0.2, -0.15) is 0 Å². The minimum Gasteiger partial charge on any atom is -0.462 e. The van der Waals surface area contributed by atoms with Crippen LogP contribution in [0.15, 0.2) is 72.8 Å². The number of imidazole rings is 1. The molecule has 0 spiro atoms. The van der Waals surface area contributed by atoms with Crippen molar-refractivity contribution in [3.63, 3.8) is 0 Å². The Hall–Kier alpha value is -3.40. The number of ether oxygens (including phenoxy) is 1. The summed E-state index contributed by atoms with van der Waals surface area (Å²) in [6.45, 7) is 4.22. The van der Waals surface area contributed by atoms with Crippen LogP contribution in [0.5, 0.6) is 0 Å². The Morgan fingerprint density at radius 1 is 1.00 bits per heavy atom. The lowest BCUT2D eigenvalue weighted by Crippen LogP contribution is -2.04. The number of para-hydroxylation sites is 1. The zero-order valence-electron chi connectivity index (χ0n) is 15.3. The van der Waals surface area contributed by atoms with Crippen LogP contribution >= 0.6 is 0 Å². The molecule has 0 N–H and O–H groups in total. The molecule has 4 heteroatoms.